The van der Waals surface area contributed by atoms with Crippen molar-refractivity contribution in [1.82, 2.24) is 0 Å². The number of rotatable bonds is 7. The number of carbonyl (C=O) groups excluding carboxylic acids is 1. The zero-order valence-corrected chi connectivity index (χ0v) is 15.7. The van der Waals surface area contributed by atoms with Crippen LogP contribution in [0.5, 0.6) is 0 Å². The van der Waals surface area contributed by atoms with Crippen LogP contribution in [0.25, 0.3) is 0 Å². The summed E-state index contributed by atoms with van der Waals surface area (Å²) in [7, 11) is 0. The Morgan fingerprint density at radius 2 is 1.72 bits per heavy atom. The van der Waals surface area contributed by atoms with Crippen molar-refractivity contribution in [2.24, 2.45) is 0 Å². The molecule has 0 aliphatic heterocycles. The molecule has 0 spiro atoms. The minimum Gasteiger partial charge on any atom is -0.374 e. The highest BCUT2D eigenvalue weighted by Crippen LogP contribution is 2.30. The van der Waals surface area contributed by atoms with Gasteiger partial charge in [0.2, 0.25) is 5.91 Å². The third-order valence-corrected chi connectivity index (χ3v) is 4.25. The third kappa shape index (κ3) is 5.43. The molecule has 0 aliphatic carbocycles. The summed E-state index contributed by atoms with van der Waals surface area (Å²) in [5.41, 5.74) is 1.75. The van der Waals surface area contributed by atoms with Crippen molar-refractivity contribution in [1.29, 1.82) is 0 Å². The van der Waals surface area contributed by atoms with E-state index in [9.17, 15) is 19.3 Å². The zero-order chi connectivity index (χ0) is 20.8. The lowest BCUT2D eigenvalue weighted by Crippen LogP contribution is -2.22. The van der Waals surface area contributed by atoms with Crippen molar-refractivity contribution < 1.29 is 14.1 Å². The molecule has 0 aromatic heterocycles. The van der Waals surface area contributed by atoms with Gasteiger partial charge in [-0.05, 0) is 42.5 Å². The van der Waals surface area contributed by atoms with Crippen LogP contribution < -0.4 is 16.0 Å². The number of anilines is 4. The Bertz CT molecular complexity index is 1040. The van der Waals surface area contributed by atoms with Crippen LogP contribution >= 0.6 is 11.6 Å². The zero-order valence-electron chi connectivity index (χ0n) is 15.0. The molecule has 3 aromatic rings. The van der Waals surface area contributed by atoms with Crippen molar-refractivity contribution in [3.8, 4) is 0 Å². The minimum absolute atomic E-state index is 0.135. The fraction of sp³-hybridized carbons (Fsp3) is 0.0500. The van der Waals surface area contributed by atoms with Crippen LogP contribution in [0.4, 0.5) is 32.8 Å². The van der Waals surface area contributed by atoms with Crippen molar-refractivity contribution in [3.63, 3.8) is 0 Å². The molecule has 0 fully saturated rings. The molecule has 7 nitrogen and oxygen atoms in total. The number of halogens is 2. The summed E-state index contributed by atoms with van der Waals surface area (Å²) in [4.78, 5) is 22.8. The summed E-state index contributed by atoms with van der Waals surface area (Å²) in [5, 5.41) is 20.1. The Hall–Kier alpha value is -3.65. The van der Waals surface area contributed by atoms with Crippen LogP contribution in [0.15, 0.2) is 66.7 Å². The van der Waals surface area contributed by atoms with E-state index in [1.807, 2.05) is 0 Å². The molecule has 0 saturated carbocycles. The number of benzene rings is 3. The maximum absolute atomic E-state index is 13.1. The van der Waals surface area contributed by atoms with Gasteiger partial charge in [0, 0.05) is 17.8 Å². The van der Waals surface area contributed by atoms with E-state index in [-0.39, 0.29) is 24.0 Å². The normalized spacial score (nSPS) is 10.3. The van der Waals surface area contributed by atoms with Gasteiger partial charge in [-0.3, -0.25) is 14.9 Å². The highest BCUT2D eigenvalue weighted by atomic mass is 35.5. The predicted octanol–water partition coefficient (Wildman–Crippen LogP) is 5.18. The Kier molecular flexibility index (Phi) is 6.25. The minimum atomic E-state index is -0.531. The maximum Gasteiger partial charge on any atom is 0.271 e. The van der Waals surface area contributed by atoms with E-state index in [1.165, 1.54) is 42.5 Å². The number of nitro benzene ring substituents is 1. The van der Waals surface area contributed by atoms with Gasteiger partial charge in [0.25, 0.3) is 5.69 Å². The molecule has 3 rings (SSSR count). The Morgan fingerprint density at radius 3 is 2.41 bits per heavy atom. The van der Waals surface area contributed by atoms with E-state index in [4.69, 9.17) is 11.6 Å². The van der Waals surface area contributed by atoms with Crippen molar-refractivity contribution in [2.75, 3.05) is 22.5 Å². The summed E-state index contributed by atoms with van der Waals surface area (Å²) in [6.45, 7) is -0.148. The first-order valence-corrected chi connectivity index (χ1v) is 8.89. The smallest absolute Gasteiger partial charge is 0.271 e. The van der Waals surface area contributed by atoms with Crippen LogP contribution in [-0.2, 0) is 4.79 Å². The first kappa shape index (κ1) is 20.1. The Morgan fingerprint density at radius 1 is 1.00 bits per heavy atom. The molecule has 9 heteroatoms. The predicted molar refractivity (Wildman–Crippen MR) is 111 cm³/mol. The van der Waals surface area contributed by atoms with Gasteiger partial charge < -0.3 is 16.0 Å². The van der Waals surface area contributed by atoms with Crippen molar-refractivity contribution in [3.05, 3.63) is 87.7 Å². The van der Waals surface area contributed by atoms with Gasteiger partial charge in [0.05, 0.1) is 33.6 Å². The quantitative estimate of drug-likeness (QED) is 0.365. The second-order valence-corrected chi connectivity index (χ2v) is 6.41. The Balaban J connectivity index is 1.75. The fourth-order valence-corrected chi connectivity index (χ4v) is 2.71. The average Bonchev–Trinajstić information content (AvgIpc) is 2.70. The summed E-state index contributed by atoms with van der Waals surface area (Å²) >= 11 is 6.02. The number of hydrogen-bond acceptors (Lipinski definition) is 5. The molecule has 0 bridgehead atoms. The summed E-state index contributed by atoms with van der Waals surface area (Å²) in [5.74, 6) is -0.758. The SMILES string of the molecule is O=C(CNc1cc([N+](=O)[O-])ccc1Nc1ccc(F)cc1)Nc1ccccc1Cl. The second-order valence-electron chi connectivity index (χ2n) is 6.00. The number of non-ortho nitro benzene ring substituents is 1. The van der Waals surface area contributed by atoms with Crippen LogP contribution in [-0.4, -0.2) is 17.4 Å². The number of para-hydroxylation sites is 1. The van der Waals surface area contributed by atoms with E-state index in [1.54, 1.807) is 24.3 Å². The molecule has 0 heterocycles. The molecule has 3 N–H and O–H groups in total. The van der Waals surface area contributed by atoms with Gasteiger partial charge in [-0.15, -0.1) is 0 Å². The van der Waals surface area contributed by atoms with Crippen LogP contribution in [0.3, 0.4) is 0 Å². The standard InChI is InChI=1S/C20H16ClFN4O3/c21-16-3-1-2-4-17(16)25-20(27)12-23-19-11-15(26(28)29)9-10-18(19)24-14-7-5-13(22)6-8-14/h1-11,23-24H,12H2,(H,25,27). The lowest BCUT2D eigenvalue weighted by Gasteiger charge is -2.14. The second kappa shape index (κ2) is 9.03. The monoisotopic (exact) mass is 414 g/mol. The molecular weight excluding hydrogens is 399 g/mol. The van der Waals surface area contributed by atoms with Gasteiger partial charge in [-0.1, -0.05) is 23.7 Å². The van der Waals surface area contributed by atoms with E-state index in [0.29, 0.717) is 27.8 Å². The summed E-state index contributed by atoms with van der Waals surface area (Å²) in [6, 6.07) is 16.6. The lowest BCUT2D eigenvalue weighted by atomic mass is 10.2. The molecule has 0 saturated heterocycles. The van der Waals surface area contributed by atoms with Crippen LogP contribution in [0, 0.1) is 15.9 Å². The first-order valence-electron chi connectivity index (χ1n) is 8.51. The molecule has 0 aliphatic rings. The van der Waals surface area contributed by atoms with Crippen LogP contribution in [0.2, 0.25) is 5.02 Å². The van der Waals surface area contributed by atoms with Gasteiger partial charge >= 0.3 is 0 Å². The summed E-state index contributed by atoms with van der Waals surface area (Å²) in [6.07, 6.45) is 0. The molecule has 1 amide bonds. The molecule has 3 aromatic carbocycles. The van der Waals surface area contributed by atoms with E-state index in [2.05, 4.69) is 16.0 Å². The number of nitrogens with one attached hydrogen (secondary N) is 3. The molecule has 29 heavy (non-hydrogen) atoms. The summed E-state index contributed by atoms with van der Waals surface area (Å²) < 4.78 is 13.1. The molecule has 148 valence electrons. The topological polar surface area (TPSA) is 96.3 Å². The molecular formula is C20H16ClFN4O3. The van der Waals surface area contributed by atoms with E-state index < -0.39 is 4.92 Å². The van der Waals surface area contributed by atoms with Crippen LogP contribution in [0.1, 0.15) is 0 Å². The van der Waals surface area contributed by atoms with Gasteiger partial charge in [0.1, 0.15) is 5.82 Å². The van der Waals surface area contributed by atoms with E-state index in [0.717, 1.165) is 0 Å². The number of hydrogen-bond donors (Lipinski definition) is 3. The maximum atomic E-state index is 13.1. The largest absolute Gasteiger partial charge is 0.374 e. The average molecular weight is 415 g/mol. The molecule has 0 radical (unpaired) electrons. The Labute approximate surface area is 170 Å². The van der Waals surface area contributed by atoms with Crippen molar-refractivity contribution in [2.45, 2.75) is 0 Å². The highest BCUT2D eigenvalue weighted by molar-refractivity contribution is 6.33. The van der Waals surface area contributed by atoms with E-state index >= 15 is 0 Å². The lowest BCUT2D eigenvalue weighted by molar-refractivity contribution is -0.384. The van der Waals surface area contributed by atoms with Gasteiger partial charge in [-0.2, -0.15) is 0 Å². The number of nitrogens with zero attached hydrogens (tertiary/aromatic N) is 1. The molecule has 0 unspecified atom stereocenters. The third-order valence-electron chi connectivity index (χ3n) is 3.92. The number of carbonyl (C=O) groups is 1. The molecule has 0 atom stereocenters. The van der Waals surface area contributed by atoms with Gasteiger partial charge in [0.15, 0.2) is 0 Å². The van der Waals surface area contributed by atoms with Gasteiger partial charge in [-0.25, -0.2) is 4.39 Å². The first-order chi connectivity index (χ1) is 13.9. The fourth-order valence-electron chi connectivity index (χ4n) is 2.52. The highest BCUT2D eigenvalue weighted by Gasteiger charge is 2.13. The van der Waals surface area contributed by atoms with Crippen molar-refractivity contribution >= 4 is 45.9 Å². The number of nitro groups is 1. The number of amides is 1.